The van der Waals surface area contributed by atoms with Crippen LogP contribution in [0.3, 0.4) is 0 Å². The van der Waals surface area contributed by atoms with Crippen molar-refractivity contribution in [2.45, 2.75) is 62.5 Å². The second-order valence-electron chi connectivity index (χ2n) is 8.97. The number of hydrogen-bond donors (Lipinski definition) is 0. The summed E-state index contributed by atoms with van der Waals surface area (Å²) in [7, 11) is 0. The maximum Gasteiger partial charge on any atom is 0.234 e. The molecule has 0 unspecified atom stereocenters. The van der Waals surface area contributed by atoms with Crippen molar-refractivity contribution < 1.29 is 9.59 Å². The maximum absolute atomic E-state index is 13.4. The third kappa shape index (κ3) is 4.56. The zero-order valence-electron chi connectivity index (χ0n) is 17.7. The van der Waals surface area contributed by atoms with E-state index in [4.69, 9.17) is 23.2 Å². The van der Waals surface area contributed by atoms with Crippen LogP contribution >= 0.6 is 46.3 Å². The molecular formula is C22H23Cl2N3O2S2. The molecule has 0 N–H and O–H groups in total. The Morgan fingerprint density at radius 2 is 1.94 bits per heavy atom. The number of anilines is 1. The van der Waals surface area contributed by atoms with E-state index < -0.39 is 0 Å². The predicted octanol–water partition coefficient (Wildman–Crippen LogP) is 6.51. The first kappa shape index (κ1) is 22.8. The molecule has 1 atom stereocenters. The van der Waals surface area contributed by atoms with Crippen LogP contribution in [-0.4, -0.2) is 27.1 Å². The summed E-state index contributed by atoms with van der Waals surface area (Å²) in [6, 6.07) is 5.22. The van der Waals surface area contributed by atoms with Crippen molar-refractivity contribution in [2.75, 3.05) is 4.90 Å². The SMILES string of the molecule is CC(C)Sc1nnc(N2C(=O)C[C@H](c3ccc(Cl)cc3Cl)C3=C2CC(C)(C)CC3=O)s1. The molecule has 164 valence electrons. The van der Waals surface area contributed by atoms with Crippen molar-refractivity contribution in [2.24, 2.45) is 5.41 Å². The number of hydrogen-bond acceptors (Lipinski definition) is 6. The number of carbonyl (C=O) groups is 2. The van der Waals surface area contributed by atoms with Crippen LogP contribution < -0.4 is 4.90 Å². The van der Waals surface area contributed by atoms with Crippen molar-refractivity contribution in [1.29, 1.82) is 0 Å². The van der Waals surface area contributed by atoms with Gasteiger partial charge in [-0.25, -0.2) is 0 Å². The lowest BCUT2D eigenvalue weighted by molar-refractivity contribution is -0.121. The standard InChI is InChI=1S/C22H23Cl2N3O2S2/c1-11(2)30-21-26-25-20(31-21)27-16-9-22(3,4)10-17(28)19(16)14(8-18(27)29)13-6-5-12(23)7-15(13)24/h5-7,11,14H,8-10H2,1-4H3/t14-/m1/s1. The van der Waals surface area contributed by atoms with Gasteiger partial charge in [0.05, 0.1) is 0 Å². The van der Waals surface area contributed by atoms with Crippen LogP contribution in [0.15, 0.2) is 33.8 Å². The lowest BCUT2D eigenvalue weighted by Crippen LogP contribution is -2.43. The van der Waals surface area contributed by atoms with Gasteiger partial charge in [0.2, 0.25) is 11.0 Å². The third-order valence-electron chi connectivity index (χ3n) is 5.40. The first-order chi connectivity index (χ1) is 14.6. The molecule has 1 amide bonds. The van der Waals surface area contributed by atoms with Crippen LogP contribution in [0.1, 0.15) is 58.4 Å². The zero-order valence-corrected chi connectivity index (χ0v) is 20.9. The van der Waals surface area contributed by atoms with Crippen molar-refractivity contribution in [1.82, 2.24) is 10.2 Å². The Hall–Kier alpha value is -1.41. The quantitative estimate of drug-likeness (QED) is 0.357. The molecule has 2 aromatic rings. The van der Waals surface area contributed by atoms with E-state index in [1.54, 1.807) is 28.8 Å². The summed E-state index contributed by atoms with van der Waals surface area (Å²) in [5.41, 5.74) is 1.90. The van der Waals surface area contributed by atoms with Gasteiger partial charge in [0.15, 0.2) is 10.1 Å². The highest BCUT2D eigenvalue weighted by Gasteiger charge is 2.45. The molecule has 9 heteroatoms. The number of nitrogens with zero attached hydrogens (tertiary/aromatic N) is 3. The molecule has 31 heavy (non-hydrogen) atoms. The molecule has 2 heterocycles. The molecule has 1 aromatic carbocycles. The van der Waals surface area contributed by atoms with Gasteiger partial charge < -0.3 is 0 Å². The Balaban J connectivity index is 1.84. The van der Waals surface area contributed by atoms with Crippen molar-refractivity contribution in [3.8, 4) is 0 Å². The predicted molar refractivity (Wildman–Crippen MR) is 127 cm³/mol. The Labute approximate surface area is 200 Å². The Morgan fingerprint density at radius 3 is 2.61 bits per heavy atom. The Morgan fingerprint density at radius 1 is 1.19 bits per heavy atom. The first-order valence-electron chi connectivity index (χ1n) is 10.1. The third-order valence-corrected chi connectivity index (χ3v) is 7.96. The summed E-state index contributed by atoms with van der Waals surface area (Å²) in [6.07, 6.45) is 1.19. The van der Waals surface area contributed by atoms with Gasteiger partial charge in [-0.3, -0.25) is 14.5 Å². The monoisotopic (exact) mass is 495 g/mol. The highest BCUT2D eigenvalue weighted by atomic mass is 35.5. The average molecular weight is 496 g/mol. The van der Waals surface area contributed by atoms with Crippen LogP contribution in [0, 0.1) is 5.41 Å². The van der Waals surface area contributed by atoms with Crippen molar-refractivity contribution >= 4 is 63.1 Å². The molecule has 5 nitrogen and oxygen atoms in total. The number of carbonyl (C=O) groups excluding carboxylic acids is 2. The molecule has 0 radical (unpaired) electrons. The topological polar surface area (TPSA) is 63.2 Å². The molecule has 0 fully saturated rings. The van der Waals surface area contributed by atoms with Gasteiger partial charge in [0, 0.05) is 45.3 Å². The number of thioether (sulfide) groups is 1. The molecule has 1 aliphatic carbocycles. The lowest BCUT2D eigenvalue weighted by atomic mass is 9.69. The van der Waals surface area contributed by atoms with E-state index in [1.165, 1.54) is 11.3 Å². The fourth-order valence-electron chi connectivity index (χ4n) is 4.23. The minimum absolute atomic E-state index is 0.0565. The molecule has 0 saturated carbocycles. The van der Waals surface area contributed by atoms with E-state index in [9.17, 15) is 9.59 Å². The van der Waals surface area contributed by atoms with Crippen LogP contribution in [0.2, 0.25) is 10.0 Å². The molecule has 2 aliphatic rings. The van der Waals surface area contributed by atoms with E-state index in [0.29, 0.717) is 38.8 Å². The zero-order chi connectivity index (χ0) is 22.5. The number of halogens is 2. The van der Waals surface area contributed by atoms with Crippen LogP contribution in [0.25, 0.3) is 0 Å². The second kappa shape index (κ2) is 8.50. The van der Waals surface area contributed by atoms with Crippen molar-refractivity contribution in [3.63, 3.8) is 0 Å². The van der Waals surface area contributed by atoms with Crippen molar-refractivity contribution in [3.05, 3.63) is 45.1 Å². The van der Waals surface area contributed by atoms with Gasteiger partial charge in [-0.2, -0.15) is 0 Å². The summed E-state index contributed by atoms with van der Waals surface area (Å²) in [6.45, 7) is 8.27. The molecular weight excluding hydrogens is 473 g/mol. The number of amides is 1. The van der Waals surface area contributed by atoms with Gasteiger partial charge in [-0.15, -0.1) is 10.2 Å². The summed E-state index contributed by atoms with van der Waals surface area (Å²) in [4.78, 5) is 28.4. The van der Waals surface area contributed by atoms with Crippen LogP contribution in [0.5, 0.6) is 0 Å². The lowest BCUT2D eigenvalue weighted by Gasteiger charge is -2.42. The van der Waals surface area contributed by atoms with E-state index in [2.05, 4.69) is 37.9 Å². The minimum atomic E-state index is -0.385. The van der Waals surface area contributed by atoms with E-state index in [0.717, 1.165) is 15.6 Å². The van der Waals surface area contributed by atoms with Gasteiger partial charge in [-0.05, 0) is 29.5 Å². The average Bonchev–Trinajstić information content (AvgIpc) is 3.06. The summed E-state index contributed by atoms with van der Waals surface area (Å²) < 4.78 is 0.809. The van der Waals surface area contributed by atoms with E-state index >= 15 is 0 Å². The Bertz CT molecular complexity index is 1090. The van der Waals surface area contributed by atoms with Gasteiger partial charge in [0.1, 0.15) is 0 Å². The van der Waals surface area contributed by atoms with Gasteiger partial charge in [-0.1, -0.05) is 80.1 Å². The van der Waals surface area contributed by atoms with Crippen LogP contribution in [0.4, 0.5) is 5.13 Å². The highest BCUT2D eigenvalue weighted by molar-refractivity contribution is 8.01. The molecule has 0 saturated heterocycles. The number of Topliss-reactive ketones (excluding diaryl/α,β-unsaturated/α-hetero) is 1. The number of aromatic nitrogens is 2. The van der Waals surface area contributed by atoms with Crippen LogP contribution in [-0.2, 0) is 9.59 Å². The molecule has 1 aromatic heterocycles. The molecule has 0 bridgehead atoms. The highest BCUT2D eigenvalue weighted by Crippen LogP contribution is 2.49. The van der Waals surface area contributed by atoms with E-state index in [-0.39, 0.29) is 29.4 Å². The first-order valence-corrected chi connectivity index (χ1v) is 12.6. The molecule has 1 aliphatic heterocycles. The minimum Gasteiger partial charge on any atom is -0.294 e. The number of rotatable bonds is 4. The summed E-state index contributed by atoms with van der Waals surface area (Å²) in [5.74, 6) is -0.428. The summed E-state index contributed by atoms with van der Waals surface area (Å²) in [5, 5.41) is 10.4. The fourth-order valence-corrected chi connectivity index (χ4v) is 6.88. The number of allylic oxidation sites excluding steroid dienone is 2. The second-order valence-corrected chi connectivity index (χ2v) is 12.6. The smallest absolute Gasteiger partial charge is 0.234 e. The normalized spacial score (nSPS) is 21.1. The number of benzene rings is 1. The van der Waals surface area contributed by atoms with Gasteiger partial charge >= 0.3 is 0 Å². The fraction of sp³-hybridized carbons (Fsp3) is 0.455. The molecule has 0 spiro atoms. The summed E-state index contributed by atoms with van der Waals surface area (Å²) >= 11 is 15.6. The largest absolute Gasteiger partial charge is 0.294 e. The van der Waals surface area contributed by atoms with Gasteiger partial charge in [0.25, 0.3) is 0 Å². The Kier molecular flexibility index (Phi) is 6.25. The molecule has 4 rings (SSSR count). The maximum atomic E-state index is 13.4. The van der Waals surface area contributed by atoms with E-state index in [1.807, 2.05) is 6.07 Å². The number of ketones is 1.